The number of epoxide rings is 1. The molecule has 0 radical (unpaired) electrons. The maximum absolute atomic E-state index is 5.79. The first-order valence-corrected chi connectivity index (χ1v) is 6.11. The lowest BCUT2D eigenvalue weighted by Gasteiger charge is -2.25. The van der Waals surface area contributed by atoms with Crippen LogP contribution in [-0.4, -0.2) is 39.5 Å². The van der Waals surface area contributed by atoms with Crippen molar-refractivity contribution in [2.75, 3.05) is 6.54 Å². The number of H-pyrrole nitrogens is 1. The summed E-state index contributed by atoms with van der Waals surface area (Å²) in [5.74, 6) is 0. The van der Waals surface area contributed by atoms with E-state index in [2.05, 4.69) is 14.9 Å². The van der Waals surface area contributed by atoms with Crippen LogP contribution in [0.25, 0.3) is 0 Å². The number of rotatable bonds is 2. The Balaban J connectivity index is 1.59. The van der Waals surface area contributed by atoms with E-state index in [0.717, 1.165) is 25.2 Å². The summed E-state index contributed by atoms with van der Waals surface area (Å²) in [5.41, 5.74) is 2.25. The van der Waals surface area contributed by atoms with Crippen LogP contribution in [0.2, 0.25) is 0 Å². The standard InChI is InChI=1S/C12H19N3O2/c1-12(2,3)17-11-10(16-11)15-5-4-8-9(6-15)14-7-13-8/h7,10-11H,4-6H2,1-3H3,(H,13,14). The number of fused-ring (bicyclic) bond motifs is 1. The molecule has 1 fully saturated rings. The SMILES string of the molecule is CC(C)(C)OC1OC1N1CCc2[nH]cnc2C1. The lowest BCUT2D eigenvalue weighted by atomic mass is 10.1. The molecule has 0 aromatic carbocycles. The molecule has 2 aliphatic rings. The molecular weight excluding hydrogens is 218 g/mol. The first-order chi connectivity index (χ1) is 8.03. The Morgan fingerprint density at radius 2 is 2.35 bits per heavy atom. The highest BCUT2D eigenvalue weighted by Gasteiger charge is 2.47. The molecule has 0 bridgehead atoms. The predicted molar refractivity (Wildman–Crippen MR) is 62.2 cm³/mol. The van der Waals surface area contributed by atoms with Crippen LogP contribution in [0.15, 0.2) is 6.33 Å². The fourth-order valence-corrected chi connectivity index (χ4v) is 2.23. The van der Waals surface area contributed by atoms with E-state index in [-0.39, 0.29) is 18.1 Å². The van der Waals surface area contributed by atoms with Gasteiger partial charge in [-0.1, -0.05) is 0 Å². The summed E-state index contributed by atoms with van der Waals surface area (Å²) in [4.78, 5) is 9.79. The molecule has 0 saturated carbocycles. The van der Waals surface area contributed by atoms with Gasteiger partial charge in [-0.25, -0.2) is 4.98 Å². The van der Waals surface area contributed by atoms with E-state index in [0.29, 0.717) is 0 Å². The molecule has 5 heteroatoms. The molecule has 1 saturated heterocycles. The minimum Gasteiger partial charge on any atom is -0.348 e. The van der Waals surface area contributed by atoms with Gasteiger partial charge in [-0.05, 0) is 20.8 Å². The molecule has 2 unspecified atom stereocenters. The number of aromatic nitrogens is 2. The first kappa shape index (κ1) is 11.2. The number of ether oxygens (including phenoxy) is 2. The summed E-state index contributed by atoms with van der Waals surface area (Å²) in [7, 11) is 0. The molecule has 0 amide bonds. The van der Waals surface area contributed by atoms with Gasteiger partial charge in [0, 0.05) is 25.2 Å². The van der Waals surface area contributed by atoms with Crippen molar-refractivity contribution in [3.05, 3.63) is 17.7 Å². The molecule has 0 aliphatic carbocycles. The molecule has 1 N–H and O–H groups in total. The zero-order chi connectivity index (χ0) is 12.0. The monoisotopic (exact) mass is 237 g/mol. The van der Waals surface area contributed by atoms with Crippen LogP contribution < -0.4 is 0 Å². The normalized spacial score (nSPS) is 29.1. The Hall–Kier alpha value is -0.910. The van der Waals surface area contributed by atoms with Gasteiger partial charge in [0.05, 0.1) is 17.6 Å². The summed E-state index contributed by atoms with van der Waals surface area (Å²) >= 11 is 0. The van der Waals surface area contributed by atoms with Gasteiger partial charge in [-0.3, -0.25) is 4.90 Å². The second-order valence-corrected chi connectivity index (χ2v) is 5.67. The topological polar surface area (TPSA) is 53.7 Å². The molecule has 5 nitrogen and oxygen atoms in total. The summed E-state index contributed by atoms with van der Waals surface area (Å²) in [6, 6.07) is 0. The van der Waals surface area contributed by atoms with E-state index < -0.39 is 0 Å². The van der Waals surface area contributed by atoms with Gasteiger partial charge in [-0.15, -0.1) is 0 Å². The Bertz CT molecular complexity index is 410. The number of nitrogens with one attached hydrogen (secondary N) is 1. The van der Waals surface area contributed by atoms with Crippen LogP contribution in [-0.2, 0) is 22.4 Å². The molecule has 2 atom stereocenters. The molecule has 2 aliphatic heterocycles. The lowest BCUT2D eigenvalue weighted by Crippen LogP contribution is -2.35. The number of hydrogen-bond donors (Lipinski definition) is 1. The van der Waals surface area contributed by atoms with E-state index >= 15 is 0 Å². The Kier molecular flexibility index (Phi) is 2.50. The summed E-state index contributed by atoms with van der Waals surface area (Å²) in [6.45, 7) is 8.01. The van der Waals surface area contributed by atoms with Gasteiger partial charge in [0.2, 0.25) is 0 Å². The van der Waals surface area contributed by atoms with Crippen molar-refractivity contribution in [1.29, 1.82) is 0 Å². The average Bonchev–Trinajstić information content (AvgIpc) is 2.82. The smallest absolute Gasteiger partial charge is 0.200 e. The molecule has 1 aromatic rings. The molecule has 3 heterocycles. The number of imidazole rings is 1. The van der Waals surface area contributed by atoms with Gasteiger partial charge in [0.25, 0.3) is 0 Å². The molecule has 94 valence electrons. The molecule has 1 aromatic heterocycles. The predicted octanol–water partition coefficient (Wildman–Crippen LogP) is 1.27. The van der Waals surface area contributed by atoms with Gasteiger partial charge in [0.15, 0.2) is 12.5 Å². The zero-order valence-electron chi connectivity index (χ0n) is 10.6. The number of hydrogen-bond acceptors (Lipinski definition) is 4. The third-order valence-electron chi connectivity index (χ3n) is 3.07. The second-order valence-electron chi connectivity index (χ2n) is 5.67. The summed E-state index contributed by atoms with van der Waals surface area (Å²) < 4.78 is 11.4. The van der Waals surface area contributed by atoms with Crippen LogP contribution in [0, 0.1) is 0 Å². The van der Waals surface area contributed by atoms with Crippen molar-refractivity contribution in [2.24, 2.45) is 0 Å². The van der Waals surface area contributed by atoms with E-state index in [1.54, 1.807) is 6.33 Å². The van der Waals surface area contributed by atoms with E-state index in [9.17, 15) is 0 Å². The van der Waals surface area contributed by atoms with Crippen LogP contribution in [0.4, 0.5) is 0 Å². The molecule has 0 spiro atoms. The number of nitrogens with zero attached hydrogens (tertiary/aromatic N) is 2. The van der Waals surface area contributed by atoms with E-state index in [1.165, 1.54) is 5.69 Å². The van der Waals surface area contributed by atoms with Crippen LogP contribution in [0.1, 0.15) is 32.2 Å². The van der Waals surface area contributed by atoms with Crippen molar-refractivity contribution < 1.29 is 9.47 Å². The first-order valence-electron chi connectivity index (χ1n) is 6.11. The minimum atomic E-state index is -0.146. The third kappa shape index (κ3) is 2.36. The van der Waals surface area contributed by atoms with Crippen LogP contribution in [0.5, 0.6) is 0 Å². The Labute approximate surface area is 101 Å². The highest BCUT2D eigenvalue weighted by atomic mass is 16.8. The second kappa shape index (κ2) is 3.80. The van der Waals surface area contributed by atoms with Crippen LogP contribution in [0.3, 0.4) is 0 Å². The van der Waals surface area contributed by atoms with Crippen LogP contribution >= 0.6 is 0 Å². The molecule has 17 heavy (non-hydrogen) atoms. The largest absolute Gasteiger partial charge is 0.348 e. The highest BCUT2D eigenvalue weighted by molar-refractivity contribution is 5.14. The van der Waals surface area contributed by atoms with Crippen molar-refractivity contribution in [3.8, 4) is 0 Å². The van der Waals surface area contributed by atoms with Crippen molar-refractivity contribution in [3.63, 3.8) is 0 Å². The van der Waals surface area contributed by atoms with E-state index in [4.69, 9.17) is 9.47 Å². The molecule has 3 rings (SSSR count). The fraction of sp³-hybridized carbons (Fsp3) is 0.750. The lowest BCUT2D eigenvalue weighted by molar-refractivity contribution is -0.0578. The number of aromatic amines is 1. The van der Waals surface area contributed by atoms with Gasteiger partial charge in [-0.2, -0.15) is 0 Å². The maximum atomic E-state index is 5.79. The highest BCUT2D eigenvalue weighted by Crippen LogP contribution is 2.33. The Morgan fingerprint density at radius 1 is 1.53 bits per heavy atom. The minimum absolute atomic E-state index is 0.0736. The average molecular weight is 237 g/mol. The molecular formula is C12H19N3O2. The Morgan fingerprint density at radius 3 is 3.12 bits per heavy atom. The van der Waals surface area contributed by atoms with Gasteiger partial charge in [0.1, 0.15) is 0 Å². The maximum Gasteiger partial charge on any atom is 0.200 e. The summed E-state index contributed by atoms with van der Waals surface area (Å²) in [5, 5.41) is 0. The quantitative estimate of drug-likeness (QED) is 0.787. The third-order valence-corrected chi connectivity index (χ3v) is 3.07. The van der Waals surface area contributed by atoms with Crippen molar-refractivity contribution in [1.82, 2.24) is 14.9 Å². The fourth-order valence-electron chi connectivity index (χ4n) is 2.23. The van der Waals surface area contributed by atoms with Crippen molar-refractivity contribution in [2.45, 2.75) is 51.9 Å². The zero-order valence-corrected chi connectivity index (χ0v) is 10.6. The van der Waals surface area contributed by atoms with E-state index in [1.807, 2.05) is 20.8 Å². The van der Waals surface area contributed by atoms with Gasteiger partial charge >= 0.3 is 0 Å². The van der Waals surface area contributed by atoms with Gasteiger partial charge < -0.3 is 14.5 Å². The summed E-state index contributed by atoms with van der Waals surface area (Å²) in [6.07, 6.45) is 2.82. The van der Waals surface area contributed by atoms with Crippen molar-refractivity contribution >= 4 is 0 Å².